The average Bonchev–Trinajstić information content (AvgIpc) is 3.28. The predicted octanol–water partition coefficient (Wildman–Crippen LogP) is 1.49. The maximum atomic E-state index is 12.2. The summed E-state index contributed by atoms with van der Waals surface area (Å²) in [6, 6.07) is 3.94. The Balaban J connectivity index is 1.34. The summed E-state index contributed by atoms with van der Waals surface area (Å²) in [6.45, 7) is 3.01. The van der Waals surface area contributed by atoms with Crippen LogP contribution in [0.3, 0.4) is 0 Å². The van der Waals surface area contributed by atoms with Gasteiger partial charge in [-0.2, -0.15) is 0 Å². The van der Waals surface area contributed by atoms with Gasteiger partial charge in [0.15, 0.2) is 17.3 Å². The summed E-state index contributed by atoms with van der Waals surface area (Å²) < 4.78 is 11.5. The first-order valence-electron chi connectivity index (χ1n) is 8.92. The van der Waals surface area contributed by atoms with Gasteiger partial charge in [-0.25, -0.2) is 0 Å². The molecule has 0 atom stereocenters. The molecule has 130 valence electrons. The van der Waals surface area contributed by atoms with Gasteiger partial charge >= 0.3 is 0 Å². The number of carbonyl (C=O) groups is 1. The minimum atomic E-state index is -0.384. The van der Waals surface area contributed by atoms with Crippen molar-refractivity contribution in [1.29, 1.82) is 0 Å². The van der Waals surface area contributed by atoms with E-state index in [1.54, 1.807) is 6.07 Å². The quantitative estimate of drug-likeness (QED) is 0.904. The normalized spacial score (nSPS) is 23.8. The maximum absolute atomic E-state index is 12.2. The Morgan fingerprint density at radius 3 is 2.46 bits per heavy atom. The molecule has 1 spiro atoms. The van der Waals surface area contributed by atoms with Gasteiger partial charge in [0.1, 0.15) is 0 Å². The number of nitrogens with zero attached hydrogens (tertiary/aromatic N) is 3. The SMILES string of the molecule is O=C(NC1CCCC1)c1ccc(N2CCC3(CC2)OCCO3)nn1. The molecule has 1 aromatic heterocycles. The van der Waals surface area contributed by atoms with Crippen molar-refractivity contribution in [3.63, 3.8) is 0 Å². The van der Waals surface area contributed by atoms with Gasteiger partial charge in [-0.1, -0.05) is 12.8 Å². The molecule has 24 heavy (non-hydrogen) atoms. The van der Waals surface area contributed by atoms with Crippen molar-refractivity contribution in [2.75, 3.05) is 31.2 Å². The van der Waals surface area contributed by atoms with Crippen LogP contribution >= 0.6 is 0 Å². The topological polar surface area (TPSA) is 76.6 Å². The van der Waals surface area contributed by atoms with Gasteiger partial charge in [-0.15, -0.1) is 10.2 Å². The molecule has 0 bridgehead atoms. The first-order valence-corrected chi connectivity index (χ1v) is 8.92. The number of carbonyl (C=O) groups excluding carboxylic acids is 1. The lowest BCUT2D eigenvalue weighted by Crippen LogP contribution is -2.45. The lowest BCUT2D eigenvalue weighted by molar-refractivity contribution is -0.169. The van der Waals surface area contributed by atoms with Gasteiger partial charge < -0.3 is 19.7 Å². The highest BCUT2D eigenvalue weighted by atomic mass is 16.7. The molecule has 2 saturated heterocycles. The van der Waals surface area contributed by atoms with E-state index in [0.717, 1.165) is 44.6 Å². The van der Waals surface area contributed by atoms with Crippen LogP contribution in [0.25, 0.3) is 0 Å². The van der Waals surface area contributed by atoms with Crippen LogP contribution in [0.15, 0.2) is 12.1 Å². The minimum absolute atomic E-state index is 0.119. The standard InChI is InChI=1S/C17H24N4O3/c22-16(18-13-3-1-2-4-13)14-5-6-15(20-19-14)21-9-7-17(8-10-21)23-11-12-24-17/h5-6,13H,1-4,7-12H2,(H,18,22). The molecule has 4 rings (SSSR count). The molecule has 0 aromatic carbocycles. The number of hydrogen-bond donors (Lipinski definition) is 1. The van der Waals surface area contributed by atoms with Gasteiger partial charge in [-0.05, 0) is 25.0 Å². The number of piperidine rings is 1. The molecule has 7 heteroatoms. The summed E-state index contributed by atoms with van der Waals surface area (Å²) >= 11 is 0. The number of anilines is 1. The van der Waals surface area contributed by atoms with E-state index in [9.17, 15) is 4.79 Å². The molecule has 1 N–H and O–H groups in total. The Labute approximate surface area is 141 Å². The highest BCUT2D eigenvalue weighted by molar-refractivity contribution is 5.92. The number of nitrogens with one attached hydrogen (secondary N) is 1. The van der Waals surface area contributed by atoms with E-state index in [2.05, 4.69) is 20.4 Å². The van der Waals surface area contributed by atoms with E-state index in [0.29, 0.717) is 24.9 Å². The first-order chi connectivity index (χ1) is 11.7. The van der Waals surface area contributed by atoms with Crippen LogP contribution in [0.5, 0.6) is 0 Å². The Morgan fingerprint density at radius 1 is 1.12 bits per heavy atom. The highest BCUT2D eigenvalue weighted by Crippen LogP contribution is 2.32. The summed E-state index contributed by atoms with van der Waals surface area (Å²) in [6.07, 6.45) is 6.18. The van der Waals surface area contributed by atoms with Crippen LogP contribution in [0.4, 0.5) is 5.82 Å². The Bertz CT molecular complexity index is 570. The molecule has 3 fully saturated rings. The second kappa shape index (κ2) is 6.64. The fourth-order valence-electron chi connectivity index (χ4n) is 3.81. The first kappa shape index (κ1) is 15.8. The largest absolute Gasteiger partial charge is 0.355 e. The monoisotopic (exact) mass is 332 g/mol. The molecule has 0 radical (unpaired) electrons. The van der Waals surface area contributed by atoms with Crippen molar-refractivity contribution in [2.24, 2.45) is 0 Å². The van der Waals surface area contributed by atoms with E-state index in [1.807, 2.05) is 6.07 Å². The van der Waals surface area contributed by atoms with Crippen LogP contribution in [-0.4, -0.2) is 54.2 Å². The summed E-state index contributed by atoms with van der Waals surface area (Å²) in [5, 5.41) is 11.4. The van der Waals surface area contributed by atoms with Crippen molar-refractivity contribution in [3.05, 3.63) is 17.8 Å². The molecule has 3 aliphatic rings. The molecule has 0 unspecified atom stereocenters. The molecule has 1 aromatic rings. The van der Waals surface area contributed by atoms with E-state index in [-0.39, 0.29) is 11.7 Å². The molecule has 1 amide bonds. The van der Waals surface area contributed by atoms with E-state index in [4.69, 9.17) is 9.47 Å². The molecular weight excluding hydrogens is 308 g/mol. The van der Waals surface area contributed by atoms with Crippen molar-refractivity contribution in [2.45, 2.75) is 50.4 Å². The van der Waals surface area contributed by atoms with Gasteiger partial charge in [0.25, 0.3) is 5.91 Å². The van der Waals surface area contributed by atoms with Gasteiger partial charge in [-0.3, -0.25) is 4.79 Å². The fourth-order valence-corrected chi connectivity index (χ4v) is 3.81. The zero-order valence-electron chi connectivity index (χ0n) is 13.9. The van der Waals surface area contributed by atoms with Crippen molar-refractivity contribution in [1.82, 2.24) is 15.5 Å². The fraction of sp³-hybridized carbons (Fsp3) is 0.706. The molecule has 1 aliphatic carbocycles. The smallest absolute Gasteiger partial charge is 0.272 e. The number of rotatable bonds is 3. The lowest BCUT2D eigenvalue weighted by atomic mass is 10.0. The number of aromatic nitrogens is 2. The van der Waals surface area contributed by atoms with Crippen molar-refractivity contribution >= 4 is 11.7 Å². The second-order valence-electron chi connectivity index (χ2n) is 6.83. The summed E-state index contributed by atoms with van der Waals surface area (Å²) in [5.41, 5.74) is 0.390. The van der Waals surface area contributed by atoms with Gasteiger partial charge in [0.05, 0.1) is 13.2 Å². The number of amides is 1. The average molecular weight is 332 g/mol. The summed E-state index contributed by atoms with van der Waals surface area (Å²) in [5.74, 6) is 0.303. The highest BCUT2D eigenvalue weighted by Gasteiger charge is 2.40. The van der Waals surface area contributed by atoms with Crippen LogP contribution in [-0.2, 0) is 9.47 Å². The number of ether oxygens (including phenoxy) is 2. The molecular formula is C17H24N4O3. The molecule has 1 saturated carbocycles. The zero-order valence-corrected chi connectivity index (χ0v) is 13.9. The summed E-state index contributed by atoms with van der Waals surface area (Å²) in [7, 11) is 0. The molecule has 2 aliphatic heterocycles. The van der Waals surface area contributed by atoms with Crippen LogP contribution in [0.1, 0.15) is 49.0 Å². The van der Waals surface area contributed by atoms with E-state index >= 15 is 0 Å². The van der Waals surface area contributed by atoms with Crippen LogP contribution in [0.2, 0.25) is 0 Å². The van der Waals surface area contributed by atoms with Gasteiger partial charge in [0, 0.05) is 32.0 Å². The number of hydrogen-bond acceptors (Lipinski definition) is 6. The second-order valence-corrected chi connectivity index (χ2v) is 6.83. The van der Waals surface area contributed by atoms with Crippen molar-refractivity contribution < 1.29 is 14.3 Å². The molecule has 3 heterocycles. The third-order valence-corrected chi connectivity index (χ3v) is 5.24. The lowest BCUT2D eigenvalue weighted by Gasteiger charge is -2.37. The Hall–Kier alpha value is -1.73. The Kier molecular flexibility index (Phi) is 4.37. The minimum Gasteiger partial charge on any atom is -0.355 e. The predicted molar refractivity (Wildman–Crippen MR) is 87.8 cm³/mol. The van der Waals surface area contributed by atoms with Crippen LogP contribution < -0.4 is 10.2 Å². The third kappa shape index (κ3) is 3.23. The van der Waals surface area contributed by atoms with Gasteiger partial charge in [0.2, 0.25) is 0 Å². The third-order valence-electron chi connectivity index (χ3n) is 5.24. The zero-order chi connectivity index (χ0) is 16.4. The Morgan fingerprint density at radius 2 is 1.83 bits per heavy atom. The van der Waals surface area contributed by atoms with Crippen molar-refractivity contribution in [3.8, 4) is 0 Å². The van der Waals surface area contributed by atoms with E-state index < -0.39 is 0 Å². The maximum Gasteiger partial charge on any atom is 0.272 e. The van der Waals surface area contributed by atoms with E-state index in [1.165, 1.54) is 12.8 Å². The summed E-state index contributed by atoms with van der Waals surface area (Å²) in [4.78, 5) is 14.4. The van der Waals surface area contributed by atoms with Crippen LogP contribution in [0, 0.1) is 0 Å². The molecule has 7 nitrogen and oxygen atoms in total.